The van der Waals surface area contributed by atoms with Gasteiger partial charge in [-0.05, 0) is 6.92 Å². The van der Waals surface area contributed by atoms with Gasteiger partial charge in [0.05, 0.1) is 0 Å². The minimum absolute atomic E-state index is 0.506. The van der Waals surface area contributed by atoms with Crippen LogP contribution >= 0.6 is 0 Å². The molecule has 0 unspecified atom stereocenters. The fourth-order valence-electron chi connectivity index (χ4n) is 0.189. The molecule has 0 saturated carbocycles. The third-order valence-electron chi connectivity index (χ3n) is 0.726. The Bertz CT molecular complexity index is 361. The van der Waals surface area contributed by atoms with Crippen molar-refractivity contribution in [2.75, 3.05) is 0 Å². The second-order valence-corrected chi connectivity index (χ2v) is 3.05. The molecule has 0 aromatic carbocycles. The average molecular weight is 266 g/mol. The second kappa shape index (κ2) is 6.24. The van der Waals surface area contributed by atoms with Gasteiger partial charge >= 0.3 is 16.6 Å². The van der Waals surface area contributed by atoms with Crippen molar-refractivity contribution in [3.63, 3.8) is 0 Å². The molecule has 96 valence electrons. The summed E-state index contributed by atoms with van der Waals surface area (Å²) in [5.41, 5.74) is 8.38. The van der Waals surface area contributed by atoms with Crippen LogP contribution in [0, 0.1) is 0 Å². The maximum atomic E-state index is 11.6. The molecule has 0 radical (unpaired) electrons. The number of alkyl halides is 3. The fourth-order valence-corrected chi connectivity index (χ4v) is 0.189. The lowest BCUT2D eigenvalue weighted by Gasteiger charge is -2.01. The summed E-state index contributed by atoms with van der Waals surface area (Å²) in [5, 5.41) is 5.56. The Morgan fingerprint density at radius 2 is 1.50 bits per heavy atom. The average Bonchev–Trinajstić information content (AvgIpc) is 1.94. The Morgan fingerprint density at radius 3 is 1.69 bits per heavy atom. The minimum atomic E-state index is -4.67. The van der Waals surface area contributed by atoms with Gasteiger partial charge < -0.3 is 11.5 Å². The van der Waals surface area contributed by atoms with E-state index >= 15 is 0 Å². The first-order chi connectivity index (χ1) is 6.84. The molecule has 0 aliphatic carbocycles. The number of halogens is 3. The van der Waals surface area contributed by atoms with Crippen molar-refractivity contribution in [1.29, 1.82) is 0 Å². The number of nitrogens with two attached hydrogens (primary N) is 2. The van der Waals surface area contributed by atoms with Crippen LogP contribution in [0.1, 0.15) is 6.92 Å². The second-order valence-electron chi connectivity index (χ2n) is 2.16. The van der Waals surface area contributed by atoms with Crippen LogP contribution in [0.15, 0.2) is 10.2 Å². The predicted octanol–water partition coefficient (Wildman–Crippen LogP) is -0.455. The molecule has 0 aromatic rings. The lowest BCUT2D eigenvalue weighted by Crippen LogP contribution is -2.23. The van der Waals surface area contributed by atoms with Crippen LogP contribution in [-0.4, -0.2) is 35.4 Å². The molecule has 0 saturated heterocycles. The molecular formula is C4H9F3N4O4S. The Balaban J connectivity index is 0. The smallest absolute Gasteiger partial charge is 0.369 e. The highest BCUT2D eigenvalue weighted by atomic mass is 32.3. The lowest BCUT2D eigenvalue weighted by molar-refractivity contribution is -0.0593. The van der Waals surface area contributed by atoms with E-state index in [2.05, 4.69) is 10.2 Å². The highest BCUT2D eigenvalue weighted by Crippen LogP contribution is 2.16. The summed E-state index contributed by atoms with van der Waals surface area (Å²) in [7, 11) is -4.67. The number of nitrogens with zero attached hydrogens (tertiary/aromatic N) is 2. The molecule has 0 rings (SSSR count). The molecule has 0 bridgehead atoms. The monoisotopic (exact) mass is 266 g/mol. The van der Waals surface area contributed by atoms with Gasteiger partial charge in [-0.2, -0.15) is 21.6 Å². The van der Waals surface area contributed by atoms with Crippen LogP contribution in [0.5, 0.6) is 0 Å². The molecule has 0 fully saturated rings. The van der Waals surface area contributed by atoms with Gasteiger partial charge in [0.2, 0.25) is 5.96 Å². The van der Waals surface area contributed by atoms with E-state index in [-0.39, 0.29) is 0 Å². The van der Waals surface area contributed by atoms with Crippen LogP contribution < -0.4 is 11.5 Å². The normalized spacial score (nSPS) is 12.5. The van der Waals surface area contributed by atoms with E-state index in [1.807, 2.05) is 0 Å². The zero-order chi connectivity index (χ0) is 13.6. The molecule has 0 aliphatic rings. The molecule has 0 aliphatic heterocycles. The third-order valence-corrected chi connectivity index (χ3v) is 0.726. The van der Waals surface area contributed by atoms with Crippen LogP contribution in [0.2, 0.25) is 0 Å². The summed E-state index contributed by atoms with van der Waals surface area (Å²) in [5.74, 6) is -0.506. The third kappa shape index (κ3) is 18.4. The van der Waals surface area contributed by atoms with Crippen LogP contribution in [0.4, 0.5) is 13.2 Å². The summed E-state index contributed by atoms with van der Waals surface area (Å²) >= 11 is 0. The van der Waals surface area contributed by atoms with E-state index in [1.54, 1.807) is 0 Å². The predicted molar refractivity (Wildman–Crippen MR) is 49.2 cm³/mol. The summed E-state index contributed by atoms with van der Waals surface area (Å²) in [6.45, 7) is 0.770. The van der Waals surface area contributed by atoms with Gasteiger partial charge in [-0.3, -0.25) is 9.11 Å². The van der Waals surface area contributed by atoms with Gasteiger partial charge in [-0.1, -0.05) is 0 Å². The molecule has 12 heteroatoms. The van der Waals surface area contributed by atoms with Crippen molar-refractivity contribution in [3.8, 4) is 0 Å². The number of hydrogen-bond donors (Lipinski definition) is 4. The SMILES string of the molecule is C/C(=N/N=C(N)N)C(F)(F)F.O=S(=O)(O)O. The van der Waals surface area contributed by atoms with Gasteiger partial charge in [0, 0.05) is 0 Å². The van der Waals surface area contributed by atoms with Gasteiger partial charge in [-0.15, -0.1) is 10.2 Å². The van der Waals surface area contributed by atoms with Crippen LogP contribution in [-0.2, 0) is 10.4 Å². The maximum absolute atomic E-state index is 11.6. The van der Waals surface area contributed by atoms with Crippen molar-refractivity contribution >= 4 is 22.1 Å². The largest absolute Gasteiger partial charge is 0.431 e. The number of rotatable bonds is 1. The summed E-state index contributed by atoms with van der Waals surface area (Å²) in [4.78, 5) is 0. The molecular weight excluding hydrogens is 257 g/mol. The molecule has 0 atom stereocenters. The Hall–Kier alpha value is -1.40. The van der Waals surface area contributed by atoms with Crippen molar-refractivity contribution in [1.82, 2.24) is 0 Å². The Kier molecular flexibility index (Phi) is 6.63. The Labute approximate surface area is 88.4 Å². The first-order valence-electron chi connectivity index (χ1n) is 3.24. The van der Waals surface area contributed by atoms with Crippen molar-refractivity contribution in [2.45, 2.75) is 13.1 Å². The quantitative estimate of drug-likeness (QED) is 0.218. The summed E-state index contributed by atoms with van der Waals surface area (Å²) in [6.07, 6.45) is -4.47. The summed E-state index contributed by atoms with van der Waals surface area (Å²) < 4.78 is 66.4. The molecule has 0 spiro atoms. The molecule has 0 heterocycles. The Morgan fingerprint density at radius 1 is 1.19 bits per heavy atom. The molecule has 16 heavy (non-hydrogen) atoms. The first kappa shape index (κ1) is 17.0. The van der Waals surface area contributed by atoms with E-state index in [9.17, 15) is 13.2 Å². The van der Waals surface area contributed by atoms with E-state index in [1.165, 1.54) is 0 Å². The number of guanidine groups is 1. The molecule has 0 amide bonds. The zero-order valence-electron chi connectivity index (χ0n) is 7.80. The van der Waals surface area contributed by atoms with Gasteiger partial charge in [0.1, 0.15) is 5.71 Å². The highest BCUT2D eigenvalue weighted by molar-refractivity contribution is 7.79. The lowest BCUT2D eigenvalue weighted by atomic mass is 10.4. The molecule has 8 nitrogen and oxygen atoms in total. The molecule has 0 aromatic heterocycles. The van der Waals surface area contributed by atoms with E-state index in [4.69, 9.17) is 29.0 Å². The minimum Gasteiger partial charge on any atom is -0.369 e. The van der Waals surface area contributed by atoms with Crippen LogP contribution in [0.25, 0.3) is 0 Å². The summed E-state index contributed by atoms with van der Waals surface area (Å²) in [6, 6.07) is 0. The van der Waals surface area contributed by atoms with E-state index < -0.39 is 28.2 Å². The number of hydrogen-bond acceptors (Lipinski definition) is 4. The van der Waals surface area contributed by atoms with Crippen molar-refractivity contribution in [3.05, 3.63) is 0 Å². The first-order valence-corrected chi connectivity index (χ1v) is 4.64. The highest BCUT2D eigenvalue weighted by Gasteiger charge is 2.32. The fraction of sp³-hybridized carbons (Fsp3) is 0.500. The van der Waals surface area contributed by atoms with Crippen LogP contribution in [0.3, 0.4) is 0 Å². The zero-order valence-corrected chi connectivity index (χ0v) is 8.62. The van der Waals surface area contributed by atoms with E-state index in [0.717, 1.165) is 6.92 Å². The molecule has 6 N–H and O–H groups in total. The van der Waals surface area contributed by atoms with Gasteiger partial charge in [-0.25, -0.2) is 0 Å². The standard InChI is InChI=1S/C4H7F3N4.H2O4S/c1-2(4(5,6)7)10-11-3(8)9;1-5(2,3)4/h1H3,(H4,8,9,11);(H2,1,2,3,4)/b10-2-;. The van der Waals surface area contributed by atoms with Crippen molar-refractivity contribution < 1.29 is 30.7 Å². The van der Waals surface area contributed by atoms with Gasteiger partial charge in [0.25, 0.3) is 0 Å². The van der Waals surface area contributed by atoms with E-state index in [0.29, 0.717) is 0 Å². The van der Waals surface area contributed by atoms with Crippen molar-refractivity contribution in [2.24, 2.45) is 21.7 Å². The maximum Gasteiger partial charge on any atom is 0.431 e. The van der Waals surface area contributed by atoms with Gasteiger partial charge in [0.15, 0.2) is 0 Å². The topological polar surface area (TPSA) is 151 Å².